The number of amides is 1. The van der Waals surface area contributed by atoms with E-state index in [1.807, 2.05) is 36.4 Å². The molecule has 6 nitrogen and oxygen atoms in total. The fraction of sp³-hybridized carbons (Fsp3) is 0.409. The number of ether oxygens (including phenoxy) is 3. The first kappa shape index (κ1) is 22.8. The second-order valence-electron chi connectivity index (χ2n) is 6.89. The molecule has 1 fully saturated rings. The number of para-hydroxylation sites is 2. The van der Waals surface area contributed by atoms with Gasteiger partial charge >= 0.3 is 0 Å². The molecule has 0 aliphatic carbocycles. The number of anilines is 1. The Balaban J connectivity index is 0.00000300. The quantitative estimate of drug-likeness (QED) is 0.553. The highest BCUT2D eigenvalue weighted by Crippen LogP contribution is 2.27. The molecule has 0 saturated carbocycles. The maximum atomic E-state index is 13.0. The van der Waals surface area contributed by atoms with Crippen LogP contribution in [0.25, 0.3) is 0 Å². The highest BCUT2D eigenvalue weighted by molar-refractivity contribution is 5.95. The summed E-state index contributed by atoms with van der Waals surface area (Å²) in [6.07, 6.45) is 2.52. The standard InChI is InChI=1S/C22H28N2O4.ClH/c1-26-18-9-11-19(12-10-18)28-17-22(25)24(16-15-23-13-5-6-14-23)20-7-3-4-8-21(20)27-2;/h3-4,7-12H,5-6,13-17H2,1-2H3;1H. The number of methoxy groups -OCH3 is 2. The largest absolute Gasteiger partial charge is 1.00 e. The van der Waals surface area contributed by atoms with Gasteiger partial charge in [0.15, 0.2) is 6.61 Å². The molecule has 0 spiro atoms. The highest BCUT2D eigenvalue weighted by Gasteiger charge is 2.23. The molecule has 1 N–H and O–H groups in total. The Hall–Kier alpha value is -2.44. The van der Waals surface area contributed by atoms with E-state index in [1.165, 1.54) is 25.9 Å². The number of carbonyl (C=O) groups is 1. The molecular weight excluding hydrogens is 392 g/mol. The van der Waals surface area contributed by atoms with Gasteiger partial charge in [0.05, 0.1) is 46.1 Å². The predicted octanol–water partition coefficient (Wildman–Crippen LogP) is -1.20. The number of rotatable bonds is 9. The second-order valence-corrected chi connectivity index (χ2v) is 6.89. The van der Waals surface area contributed by atoms with Crippen molar-refractivity contribution in [2.24, 2.45) is 0 Å². The van der Waals surface area contributed by atoms with E-state index in [1.54, 1.807) is 36.2 Å². The minimum absolute atomic E-state index is 0. The zero-order chi connectivity index (χ0) is 19.8. The normalized spacial score (nSPS) is 13.4. The number of hydrogen-bond acceptors (Lipinski definition) is 4. The molecule has 0 aromatic heterocycles. The van der Waals surface area contributed by atoms with Crippen molar-refractivity contribution in [3.05, 3.63) is 48.5 Å². The van der Waals surface area contributed by atoms with Crippen LogP contribution in [0.3, 0.4) is 0 Å². The smallest absolute Gasteiger partial charge is 0.265 e. The Bertz CT molecular complexity index is 764. The molecule has 0 atom stereocenters. The Kier molecular flexibility index (Phi) is 9.09. The zero-order valence-corrected chi connectivity index (χ0v) is 17.8. The molecule has 1 aliphatic rings. The highest BCUT2D eigenvalue weighted by atomic mass is 35.5. The molecule has 2 aromatic carbocycles. The molecule has 7 heteroatoms. The molecular formula is C22H29ClN2O4. The lowest BCUT2D eigenvalue weighted by atomic mass is 10.2. The molecule has 1 aliphatic heterocycles. The van der Waals surface area contributed by atoms with Crippen LogP contribution in [0.5, 0.6) is 17.2 Å². The predicted molar refractivity (Wildman–Crippen MR) is 109 cm³/mol. The summed E-state index contributed by atoms with van der Waals surface area (Å²) in [7, 11) is 3.24. The third-order valence-electron chi connectivity index (χ3n) is 5.10. The number of nitrogens with zero attached hydrogens (tertiary/aromatic N) is 1. The van der Waals surface area contributed by atoms with E-state index in [2.05, 4.69) is 0 Å². The van der Waals surface area contributed by atoms with Gasteiger partial charge in [0.25, 0.3) is 5.91 Å². The molecule has 0 bridgehead atoms. The lowest BCUT2D eigenvalue weighted by Gasteiger charge is -2.25. The van der Waals surface area contributed by atoms with Gasteiger partial charge in [-0.25, -0.2) is 0 Å². The molecule has 1 heterocycles. The van der Waals surface area contributed by atoms with Gasteiger partial charge in [0.1, 0.15) is 17.2 Å². The maximum absolute atomic E-state index is 13.0. The maximum Gasteiger partial charge on any atom is 0.265 e. The molecule has 0 radical (unpaired) electrons. The first-order valence-corrected chi connectivity index (χ1v) is 9.75. The average molecular weight is 421 g/mol. The van der Waals surface area contributed by atoms with Crippen molar-refractivity contribution in [1.29, 1.82) is 0 Å². The summed E-state index contributed by atoms with van der Waals surface area (Å²) in [6.45, 7) is 3.89. The van der Waals surface area contributed by atoms with E-state index in [-0.39, 0.29) is 24.9 Å². The van der Waals surface area contributed by atoms with Crippen molar-refractivity contribution in [2.45, 2.75) is 12.8 Å². The summed E-state index contributed by atoms with van der Waals surface area (Å²) < 4.78 is 16.4. The Morgan fingerprint density at radius 1 is 0.966 bits per heavy atom. The molecule has 1 amide bonds. The summed E-state index contributed by atoms with van der Waals surface area (Å²) in [4.78, 5) is 16.4. The van der Waals surface area contributed by atoms with Crippen LogP contribution in [0.2, 0.25) is 0 Å². The second kappa shape index (κ2) is 11.5. The summed E-state index contributed by atoms with van der Waals surface area (Å²) in [6, 6.07) is 14.9. The number of quaternary nitrogens is 1. The summed E-state index contributed by atoms with van der Waals surface area (Å²) in [5.41, 5.74) is 0.784. The van der Waals surface area contributed by atoms with E-state index < -0.39 is 0 Å². The molecule has 1 saturated heterocycles. The van der Waals surface area contributed by atoms with E-state index in [0.717, 1.165) is 18.0 Å². The van der Waals surface area contributed by atoms with Crippen LogP contribution < -0.4 is 36.4 Å². The molecule has 0 unspecified atom stereocenters. The van der Waals surface area contributed by atoms with Gasteiger partial charge in [-0.1, -0.05) is 12.1 Å². The van der Waals surface area contributed by atoms with Crippen LogP contribution in [0.4, 0.5) is 5.69 Å². The van der Waals surface area contributed by atoms with Crippen molar-refractivity contribution >= 4 is 11.6 Å². The van der Waals surface area contributed by atoms with E-state index in [4.69, 9.17) is 14.2 Å². The molecule has 2 aromatic rings. The Morgan fingerprint density at radius 2 is 1.62 bits per heavy atom. The number of hydrogen-bond donors (Lipinski definition) is 1. The lowest BCUT2D eigenvalue weighted by Crippen LogP contribution is -3.10. The van der Waals surface area contributed by atoms with Gasteiger partial charge in [0.2, 0.25) is 0 Å². The van der Waals surface area contributed by atoms with E-state index >= 15 is 0 Å². The van der Waals surface area contributed by atoms with Crippen molar-refractivity contribution in [1.82, 2.24) is 0 Å². The van der Waals surface area contributed by atoms with Gasteiger partial charge in [0, 0.05) is 12.8 Å². The van der Waals surface area contributed by atoms with Crippen LogP contribution in [0, 0.1) is 0 Å². The summed E-state index contributed by atoms with van der Waals surface area (Å²) in [5.74, 6) is 2.00. The Labute approximate surface area is 178 Å². The topological polar surface area (TPSA) is 52.4 Å². The number of halogens is 1. The molecule has 3 rings (SSSR count). The third kappa shape index (κ3) is 6.27. The van der Waals surface area contributed by atoms with Crippen LogP contribution in [-0.2, 0) is 4.79 Å². The SMILES string of the molecule is COc1ccc(OCC(=O)N(CC[NH+]2CCCC2)c2ccccc2OC)cc1.[Cl-]. The van der Waals surface area contributed by atoms with Crippen LogP contribution in [0.15, 0.2) is 48.5 Å². The van der Waals surface area contributed by atoms with Gasteiger partial charge in [-0.15, -0.1) is 0 Å². The number of benzene rings is 2. The van der Waals surface area contributed by atoms with Crippen molar-refractivity contribution in [3.63, 3.8) is 0 Å². The van der Waals surface area contributed by atoms with Crippen molar-refractivity contribution in [3.8, 4) is 17.2 Å². The summed E-state index contributed by atoms with van der Waals surface area (Å²) in [5, 5.41) is 0. The van der Waals surface area contributed by atoms with Gasteiger partial charge in [-0.3, -0.25) is 4.79 Å². The fourth-order valence-electron chi connectivity index (χ4n) is 3.52. The van der Waals surface area contributed by atoms with Crippen LogP contribution in [-0.4, -0.2) is 52.9 Å². The zero-order valence-electron chi connectivity index (χ0n) is 17.0. The number of likely N-dealkylation sites (tertiary alicyclic amines) is 1. The minimum Gasteiger partial charge on any atom is -1.00 e. The minimum atomic E-state index is -0.0843. The molecule has 158 valence electrons. The van der Waals surface area contributed by atoms with Gasteiger partial charge in [-0.05, 0) is 36.4 Å². The third-order valence-corrected chi connectivity index (χ3v) is 5.10. The number of carbonyl (C=O) groups excluding carboxylic acids is 1. The van der Waals surface area contributed by atoms with E-state index in [9.17, 15) is 4.79 Å². The van der Waals surface area contributed by atoms with Gasteiger partial charge in [-0.2, -0.15) is 0 Å². The lowest BCUT2D eigenvalue weighted by molar-refractivity contribution is -0.885. The van der Waals surface area contributed by atoms with Crippen molar-refractivity contribution < 1.29 is 36.3 Å². The van der Waals surface area contributed by atoms with Crippen molar-refractivity contribution in [2.75, 3.05) is 51.9 Å². The fourth-order valence-corrected chi connectivity index (χ4v) is 3.52. The van der Waals surface area contributed by atoms with Crippen LogP contribution in [0.1, 0.15) is 12.8 Å². The number of nitrogens with one attached hydrogen (secondary N) is 1. The van der Waals surface area contributed by atoms with Crippen LogP contribution >= 0.6 is 0 Å². The summed E-state index contributed by atoms with van der Waals surface area (Å²) >= 11 is 0. The first-order chi connectivity index (χ1) is 13.7. The molecule has 29 heavy (non-hydrogen) atoms. The monoisotopic (exact) mass is 420 g/mol. The first-order valence-electron chi connectivity index (χ1n) is 9.75. The van der Waals surface area contributed by atoms with Gasteiger partial charge < -0.3 is 36.4 Å². The average Bonchev–Trinajstić information content (AvgIpc) is 3.26. The van der Waals surface area contributed by atoms with E-state index in [0.29, 0.717) is 18.0 Å². The Morgan fingerprint density at radius 3 is 2.28 bits per heavy atom.